The number of thiazole rings is 1. The van der Waals surface area contributed by atoms with Crippen LogP contribution in [-0.2, 0) is 0 Å². The second-order valence-electron chi connectivity index (χ2n) is 4.95. The van der Waals surface area contributed by atoms with E-state index in [2.05, 4.69) is 31.3 Å². The molecule has 5 nitrogen and oxygen atoms in total. The minimum absolute atomic E-state index is 0.570. The van der Waals surface area contributed by atoms with E-state index < -0.39 is 0 Å². The third kappa shape index (κ3) is 2.44. The highest BCUT2D eigenvalue weighted by Crippen LogP contribution is 2.24. The summed E-state index contributed by atoms with van der Waals surface area (Å²) in [5.74, 6) is 0.570. The summed E-state index contributed by atoms with van der Waals surface area (Å²) in [7, 11) is 0. The molecule has 0 saturated carbocycles. The number of nitrogens with zero attached hydrogens (tertiary/aromatic N) is 3. The van der Waals surface area contributed by atoms with Crippen molar-refractivity contribution in [2.24, 2.45) is 0 Å². The van der Waals surface area contributed by atoms with Crippen LogP contribution in [0.5, 0.6) is 0 Å². The van der Waals surface area contributed by atoms with Gasteiger partial charge in [0, 0.05) is 40.1 Å². The van der Waals surface area contributed by atoms with Crippen molar-refractivity contribution >= 4 is 33.9 Å². The lowest BCUT2D eigenvalue weighted by Gasteiger charge is -2.05. The Kier molecular flexibility index (Phi) is 3.08. The van der Waals surface area contributed by atoms with Crippen molar-refractivity contribution < 1.29 is 0 Å². The third-order valence-electron chi connectivity index (χ3n) is 3.31. The standard InChI is InChI=1S/C16H13N5S/c1-10-9-19-15(22-10)14-5-7-18-16(21-14)20-12-2-3-13-11(8-12)4-6-17-13/h2-9,17H,1H3,(H,18,20,21). The Bertz CT molecular complexity index is 940. The first-order valence-corrected chi connectivity index (χ1v) is 7.69. The van der Waals surface area contributed by atoms with Crippen molar-refractivity contribution in [3.05, 3.63) is 53.8 Å². The third-order valence-corrected chi connectivity index (χ3v) is 4.24. The number of anilines is 2. The summed E-state index contributed by atoms with van der Waals surface area (Å²) in [4.78, 5) is 17.5. The molecule has 22 heavy (non-hydrogen) atoms. The van der Waals surface area contributed by atoms with Crippen molar-refractivity contribution in [1.82, 2.24) is 19.9 Å². The molecule has 0 aliphatic carbocycles. The van der Waals surface area contributed by atoms with Gasteiger partial charge in [-0.3, -0.25) is 0 Å². The molecule has 0 unspecified atom stereocenters. The number of hydrogen-bond acceptors (Lipinski definition) is 5. The monoisotopic (exact) mass is 307 g/mol. The highest BCUT2D eigenvalue weighted by molar-refractivity contribution is 7.14. The zero-order valence-corrected chi connectivity index (χ0v) is 12.7. The van der Waals surface area contributed by atoms with Gasteiger partial charge in [-0.1, -0.05) is 0 Å². The smallest absolute Gasteiger partial charge is 0.227 e. The predicted octanol–water partition coefficient (Wildman–Crippen LogP) is 4.13. The highest BCUT2D eigenvalue weighted by atomic mass is 32.1. The molecule has 0 spiro atoms. The largest absolute Gasteiger partial charge is 0.361 e. The van der Waals surface area contributed by atoms with E-state index in [0.29, 0.717) is 5.95 Å². The fourth-order valence-electron chi connectivity index (χ4n) is 2.27. The van der Waals surface area contributed by atoms with Crippen molar-refractivity contribution in [2.75, 3.05) is 5.32 Å². The molecule has 0 atom stereocenters. The molecule has 1 aromatic carbocycles. The van der Waals surface area contributed by atoms with Gasteiger partial charge in [0.15, 0.2) is 0 Å². The Hall–Kier alpha value is -2.73. The van der Waals surface area contributed by atoms with Gasteiger partial charge < -0.3 is 10.3 Å². The second-order valence-corrected chi connectivity index (χ2v) is 6.18. The Morgan fingerprint density at radius 2 is 2.09 bits per heavy atom. The Labute approximate surface area is 131 Å². The van der Waals surface area contributed by atoms with Gasteiger partial charge in [0.05, 0.1) is 0 Å². The Morgan fingerprint density at radius 3 is 2.95 bits per heavy atom. The van der Waals surface area contributed by atoms with E-state index in [4.69, 9.17) is 0 Å². The van der Waals surface area contributed by atoms with Crippen LogP contribution in [0.4, 0.5) is 11.6 Å². The average Bonchev–Trinajstić information content (AvgIpc) is 3.16. The molecule has 0 fully saturated rings. The van der Waals surface area contributed by atoms with E-state index in [-0.39, 0.29) is 0 Å². The lowest BCUT2D eigenvalue weighted by Crippen LogP contribution is -1.97. The molecular weight excluding hydrogens is 294 g/mol. The number of nitrogens with one attached hydrogen (secondary N) is 2. The molecule has 0 radical (unpaired) electrons. The molecule has 0 bridgehead atoms. The molecule has 108 valence electrons. The first kappa shape index (κ1) is 13.0. The molecule has 0 saturated heterocycles. The van der Waals surface area contributed by atoms with Gasteiger partial charge in [0.1, 0.15) is 10.7 Å². The maximum atomic E-state index is 4.54. The lowest BCUT2D eigenvalue weighted by molar-refractivity contribution is 1.16. The minimum atomic E-state index is 0.570. The normalized spacial score (nSPS) is 11.0. The van der Waals surface area contributed by atoms with Crippen LogP contribution in [0.2, 0.25) is 0 Å². The summed E-state index contributed by atoms with van der Waals surface area (Å²) < 4.78 is 0. The fraction of sp³-hybridized carbons (Fsp3) is 0.0625. The van der Waals surface area contributed by atoms with Crippen LogP contribution in [0.3, 0.4) is 0 Å². The molecule has 0 amide bonds. The van der Waals surface area contributed by atoms with Gasteiger partial charge in [0.2, 0.25) is 5.95 Å². The molecule has 6 heteroatoms. The molecule has 3 heterocycles. The number of H-pyrrole nitrogens is 1. The van der Waals surface area contributed by atoms with Gasteiger partial charge in [-0.2, -0.15) is 0 Å². The van der Waals surface area contributed by atoms with Crippen molar-refractivity contribution in [3.8, 4) is 10.7 Å². The second kappa shape index (κ2) is 5.23. The van der Waals surface area contributed by atoms with E-state index >= 15 is 0 Å². The van der Waals surface area contributed by atoms with Crippen LogP contribution in [0.15, 0.2) is 48.9 Å². The van der Waals surface area contributed by atoms with Crippen molar-refractivity contribution in [2.45, 2.75) is 6.92 Å². The quantitative estimate of drug-likeness (QED) is 0.597. The Balaban J connectivity index is 1.65. The first-order valence-electron chi connectivity index (χ1n) is 6.88. The van der Waals surface area contributed by atoms with E-state index in [1.807, 2.05) is 43.6 Å². The van der Waals surface area contributed by atoms with Crippen molar-refractivity contribution in [3.63, 3.8) is 0 Å². The van der Waals surface area contributed by atoms with Crippen LogP contribution in [0, 0.1) is 6.92 Å². The topological polar surface area (TPSA) is 66.5 Å². The van der Waals surface area contributed by atoms with Gasteiger partial charge in [0.25, 0.3) is 0 Å². The molecule has 3 aromatic heterocycles. The summed E-state index contributed by atoms with van der Waals surface area (Å²) in [6.45, 7) is 2.04. The van der Waals surface area contributed by atoms with Crippen LogP contribution in [0.1, 0.15) is 4.88 Å². The fourth-order valence-corrected chi connectivity index (χ4v) is 3.01. The highest BCUT2D eigenvalue weighted by Gasteiger charge is 2.06. The molecule has 4 aromatic rings. The number of benzene rings is 1. The van der Waals surface area contributed by atoms with Crippen LogP contribution >= 0.6 is 11.3 Å². The van der Waals surface area contributed by atoms with Crippen LogP contribution in [-0.4, -0.2) is 19.9 Å². The van der Waals surface area contributed by atoms with E-state index in [0.717, 1.165) is 27.3 Å². The van der Waals surface area contributed by atoms with E-state index in [1.165, 1.54) is 4.88 Å². The summed E-state index contributed by atoms with van der Waals surface area (Å²) in [6.07, 6.45) is 5.53. The van der Waals surface area contributed by atoms with Crippen LogP contribution < -0.4 is 5.32 Å². The molecule has 4 rings (SSSR count). The zero-order valence-electron chi connectivity index (χ0n) is 11.9. The average molecular weight is 307 g/mol. The van der Waals surface area contributed by atoms with Gasteiger partial charge in [-0.05, 0) is 37.3 Å². The number of aromatic nitrogens is 4. The minimum Gasteiger partial charge on any atom is -0.361 e. The maximum Gasteiger partial charge on any atom is 0.227 e. The summed E-state index contributed by atoms with van der Waals surface area (Å²) >= 11 is 1.63. The summed E-state index contributed by atoms with van der Waals surface area (Å²) in [6, 6.07) is 10.0. The molecule has 0 aliphatic rings. The molecule has 2 N–H and O–H groups in total. The van der Waals surface area contributed by atoms with Gasteiger partial charge in [-0.15, -0.1) is 11.3 Å². The van der Waals surface area contributed by atoms with E-state index in [1.54, 1.807) is 17.5 Å². The summed E-state index contributed by atoms with van der Waals surface area (Å²) in [5.41, 5.74) is 2.90. The number of hydrogen-bond donors (Lipinski definition) is 2. The number of rotatable bonds is 3. The predicted molar refractivity (Wildman–Crippen MR) is 89.5 cm³/mol. The molecular formula is C16H13N5S. The first-order chi connectivity index (χ1) is 10.8. The van der Waals surface area contributed by atoms with Gasteiger partial charge >= 0.3 is 0 Å². The zero-order chi connectivity index (χ0) is 14.9. The molecule has 0 aliphatic heterocycles. The van der Waals surface area contributed by atoms with E-state index in [9.17, 15) is 0 Å². The maximum absolute atomic E-state index is 4.54. The van der Waals surface area contributed by atoms with Gasteiger partial charge in [-0.25, -0.2) is 15.0 Å². The SMILES string of the molecule is Cc1cnc(-c2ccnc(Nc3ccc4[nH]ccc4c3)n2)s1. The Morgan fingerprint density at radius 1 is 1.14 bits per heavy atom. The number of aromatic amines is 1. The summed E-state index contributed by atoms with van der Waals surface area (Å²) in [5, 5.41) is 5.30. The van der Waals surface area contributed by atoms with Crippen molar-refractivity contribution in [1.29, 1.82) is 0 Å². The van der Waals surface area contributed by atoms with Crippen LogP contribution in [0.25, 0.3) is 21.6 Å². The number of fused-ring (bicyclic) bond motifs is 1. The number of aryl methyl sites for hydroxylation is 1. The lowest BCUT2D eigenvalue weighted by atomic mass is 10.2.